The first-order valence-corrected chi connectivity index (χ1v) is 7.12. The van der Waals surface area contributed by atoms with Gasteiger partial charge in [0, 0.05) is 36.1 Å². The van der Waals surface area contributed by atoms with Crippen LogP contribution in [0.1, 0.15) is 31.7 Å². The van der Waals surface area contributed by atoms with Crippen molar-refractivity contribution >= 4 is 29.1 Å². The molecule has 1 aromatic rings. The van der Waals surface area contributed by atoms with Crippen molar-refractivity contribution in [3.8, 4) is 0 Å². The number of nitrogens with two attached hydrogens (primary N) is 1. The van der Waals surface area contributed by atoms with E-state index >= 15 is 0 Å². The minimum absolute atomic E-state index is 0.0389. The summed E-state index contributed by atoms with van der Waals surface area (Å²) < 4.78 is 0. The van der Waals surface area contributed by atoms with Gasteiger partial charge in [0.2, 0.25) is 5.91 Å². The average Bonchev–Trinajstić information content (AvgIpc) is 2.27. The van der Waals surface area contributed by atoms with E-state index in [0.29, 0.717) is 23.0 Å². The van der Waals surface area contributed by atoms with Gasteiger partial charge >= 0.3 is 0 Å². The topological polar surface area (TPSA) is 46.3 Å². The molecule has 1 atom stereocenters. The molecule has 0 bridgehead atoms. The predicted octanol–water partition coefficient (Wildman–Crippen LogP) is 3.47. The molecule has 2 N–H and O–H groups in total. The number of carbonyl (C=O) groups is 1. The Morgan fingerprint density at radius 3 is 2.42 bits per heavy atom. The molecule has 0 aliphatic carbocycles. The molecule has 0 aromatic heterocycles. The Kier molecular flexibility index (Phi) is 6.63. The van der Waals surface area contributed by atoms with Gasteiger partial charge in [0.15, 0.2) is 0 Å². The molecule has 0 saturated heterocycles. The highest BCUT2D eigenvalue weighted by Crippen LogP contribution is 2.20. The van der Waals surface area contributed by atoms with Gasteiger partial charge in [-0.25, -0.2) is 0 Å². The maximum atomic E-state index is 12.0. The summed E-state index contributed by atoms with van der Waals surface area (Å²) in [6.07, 6.45) is 2.23. The van der Waals surface area contributed by atoms with Gasteiger partial charge in [-0.05, 0) is 30.2 Å². The highest BCUT2D eigenvalue weighted by Gasteiger charge is 2.13. The van der Waals surface area contributed by atoms with E-state index in [9.17, 15) is 4.79 Å². The quantitative estimate of drug-likeness (QED) is 0.874. The maximum absolute atomic E-state index is 12.0. The van der Waals surface area contributed by atoms with Gasteiger partial charge in [0.25, 0.3) is 0 Å². The molecule has 3 nitrogen and oxygen atoms in total. The molecule has 1 rings (SSSR count). The van der Waals surface area contributed by atoms with E-state index in [2.05, 4.69) is 6.92 Å². The molecule has 5 heteroatoms. The molecule has 0 heterocycles. The van der Waals surface area contributed by atoms with Crippen LogP contribution in [0.15, 0.2) is 18.2 Å². The SMILES string of the molecule is CCCC(N)CC(=O)N(C)Cc1cc(Cl)cc(Cl)c1. The number of benzene rings is 1. The van der Waals surface area contributed by atoms with Crippen LogP contribution in [-0.4, -0.2) is 23.9 Å². The number of nitrogens with zero attached hydrogens (tertiary/aromatic N) is 1. The van der Waals surface area contributed by atoms with Crippen molar-refractivity contribution in [2.75, 3.05) is 7.05 Å². The summed E-state index contributed by atoms with van der Waals surface area (Å²) in [5, 5.41) is 1.15. The fourth-order valence-electron chi connectivity index (χ4n) is 1.92. The van der Waals surface area contributed by atoms with E-state index in [1.807, 2.05) is 12.1 Å². The molecular weight excluding hydrogens is 283 g/mol. The molecule has 19 heavy (non-hydrogen) atoms. The predicted molar refractivity (Wildman–Crippen MR) is 80.4 cm³/mol. The second kappa shape index (κ2) is 7.73. The average molecular weight is 303 g/mol. The zero-order valence-corrected chi connectivity index (χ0v) is 12.8. The number of hydrogen-bond acceptors (Lipinski definition) is 2. The van der Waals surface area contributed by atoms with E-state index in [0.717, 1.165) is 18.4 Å². The number of rotatable bonds is 6. The third-order valence-electron chi connectivity index (χ3n) is 2.86. The Hall–Kier alpha value is -0.770. The van der Waals surface area contributed by atoms with E-state index in [-0.39, 0.29) is 11.9 Å². The Morgan fingerprint density at radius 1 is 1.32 bits per heavy atom. The third-order valence-corrected chi connectivity index (χ3v) is 3.30. The lowest BCUT2D eigenvalue weighted by Gasteiger charge is -2.19. The van der Waals surface area contributed by atoms with Gasteiger partial charge in [0.05, 0.1) is 0 Å². The summed E-state index contributed by atoms with van der Waals surface area (Å²) in [7, 11) is 1.76. The largest absolute Gasteiger partial charge is 0.341 e. The Labute approximate surface area is 124 Å². The summed E-state index contributed by atoms with van der Waals surface area (Å²) in [5.41, 5.74) is 6.79. The summed E-state index contributed by atoms with van der Waals surface area (Å²) in [4.78, 5) is 13.6. The second-order valence-corrected chi connectivity index (χ2v) is 5.65. The molecule has 1 aromatic carbocycles. The monoisotopic (exact) mass is 302 g/mol. The Morgan fingerprint density at radius 2 is 1.89 bits per heavy atom. The van der Waals surface area contributed by atoms with Crippen LogP contribution in [0, 0.1) is 0 Å². The maximum Gasteiger partial charge on any atom is 0.224 e. The molecule has 106 valence electrons. The van der Waals surface area contributed by atoms with Gasteiger partial charge in [0.1, 0.15) is 0 Å². The normalized spacial score (nSPS) is 12.3. The molecule has 0 aliphatic heterocycles. The first kappa shape index (κ1) is 16.3. The first-order valence-electron chi connectivity index (χ1n) is 6.37. The summed E-state index contributed by atoms with van der Waals surface area (Å²) >= 11 is 11.9. The third kappa shape index (κ3) is 5.81. The second-order valence-electron chi connectivity index (χ2n) is 4.78. The minimum atomic E-state index is -0.0668. The van der Waals surface area contributed by atoms with Crippen molar-refractivity contribution in [1.29, 1.82) is 0 Å². The van der Waals surface area contributed by atoms with E-state index < -0.39 is 0 Å². The van der Waals surface area contributed by atoms with Gasteiger partial charge in [-0.2, -0.15) is 0 Å². The molecule has 0 aliphatic rings. The fraction of sp³-hybridized carbons (Fsp3) is 0.500. The Bertz CT molecular complexity index is 417. The summed E-state index contributed by atoms with van der Waals surface area (Å²) in [5.74, 6) is 0.0389. The van der Waals surface area contributed by atoms with Crippen molar-refractivity contribution in [2.45, 2.75) is 38.8 Å². The smallest absolute Gasteiger partial charge is 0.224 e. The van der Waals surface area contributed by atoms with Crippen LogP contribution in [0.3, 0.4) is 0 Å². The van der Waals surface area contributed by atoms with Crippen molar-refractivity contribution in [1.82, 2.24) is 4.90 Å². The highest BCUT2D eigenvalue weighted by molar-refractivity contribution is 6.34. The van der Waals surface area contributed by atoms with Crippen LogP contribution < -0.4 is 5.73 Å². The molecule has 0 spiro atoms. The molecule has 0 fully saturated rings. The van der Waals surface area contributed by atoms with Gasteiger partial charge in [-0.15, -0.1) is 0 Å². The number of hydrogen-bond donors (Lipinski definition) is 1. The van der Waals surface area contributed by atoms with Gasteiger partial charge in [-0.3, -0.25) is 4.79 Å². The van der Waals surface area contributed by atoms with Gasteiger partial charge < -0.3 is 10.6 Å². The van der Waals surface area contributed by atoms with Gasteiger partial charge in [-0.1, -0.05) is 36.5 Å². The van der Waals surface area contributed by atoms with Crippen LogP contribution in [-0.2, 0) is 11.3 Å². The lowest BCUT2D eigenvalue weighted by atomic mass is 10.1. The van der Waals surface area contributed by atoms with Crippen molar-refractivity contribution in [2.24, 2.45) is 5.73 Å². The lowest BCUT2D eigenvalue weighted by molar-refractivity contribution is -0.130. The molecular formula is C14H20Cl2N2O. The molecule has 1 unspecified atom stereocenters. The molecule has 0 saturated carbocycles. The zero-order valence-electron chi connectivity index (χ0n) is 11.3. The number of amides is 1. The molecule has 0 radical (unpaired) electrons. The lowest BCUT2D eigenvalue weighted by Crippen LogP contribution is -2.32. The van der Waals surface area contributed by atoms with Crippen LogP contribution in [0.25, 0.3) is 0 Å². The summed E-state index contributed by atoms with van der Waals surface area (Å²) in [6, 6.07) is 5.22. The Balaban J connectivity index is 2.58. The number of carbonyl (C=O) groups excluding carboxylic acids is 1. The van der Waals surface area contributed by atoms with E-state index in [1.54, 1.807) is 18.0 Å². The van der Waals surface area contributed by atoms with E-state index in [4.69, 9.17) is 28.9 Å². The zero-order chi connectivity index (χ0) is 14.4. The van der Waals surface area contributed by atoms with E-state index in [1.165, 1.54) is 0 Å². The van der Waals surface area contributed by atoms with Crippen LogP contribution in [0.5, 0.6) is 0 Å². The molecule has 1 amide bonds. The number of halogens is 2. The minimum Gasteiger partial charge on any atom is -0.341 e. The van der Waals surface area contributed by atoms with Crippen molar-refractivity contribution in [3.63, 3.8) is 0 Å². The fourth-order valence-corrected chi connectivity index (χ4v) is 2.49. The van der Waals surface area contributed by atoms with Crippen molar-refractivity contribution in [3.05, 3.63) is 33.8 Å². The first-order chi connectivity index (χ1) is 8.92. The standard InChI is InChI=1S/C14H20Cl2N2O/c1-3-4-13(17)8-14(19)18(2)9-10-5-11(15)7-12(16)6-10/h5-7,13H,3-4,8-9,17H2,1-2H3. The van der Waals surface area contributed by atoms with Crippen LogP contribution in [0.2, 0.25) is 10.0 Å². The van der Waals surface area contributed by atoms with Crippen LogP contribution in [0.4, 0.5) is 0 Å². The highest BCUT2D eigenvalue weighted by atomic mass is 35.5. The van der Waals surface area contributed by atoms with Crippen molar-refractivity contribution < 1.29 is 4.79 Å². The van der Waals surface area contributed by atoms with Crippen LogP contribution >= 0.6 is 23.2 Å². The summed E-state index contributed by atoms with van der Waals surface area (Å²) in [6.45, 7) is 2.54.